The summed E-state index contributed by atoms with van der Waals surface area (Å²) < 4.78 is 0. The summed E-state index contributed by atoms with van der Waals surface area (Å²) in [5.74, 6) is 0.933. The van der Waals surface area contributed by atoms with E-state index in [-0.39, 0.29) is 0 Å². The molecule has 1 heterocycles. The van der Waals surface area contributed by atoms with Gasteiger partial charge >= 0.3 is 0 Å². The highest BCUT2D eigenvalue weighted by Crippen LogP contribution is 2.43. The maximum Gasteiger partial charge on any atom is 0.0176 e. The van der Waals surface area contributed by atoms with Crippen molar-refractivity contribution in [3.05, 3.63) is 0 Å². The quantitative estimate of drug-likeness (QED) is 0.693. The SMILES string of the molecule is CC1CCN(C2CC(N)C2(C)C)CC1. The fourth-order valence-corrected chi connectivity index (χ4v) is 2.89. The van der Waals surface area contributed by atoms with Gasteiger partial charge in [0.2, 0.25) is 0 Å². The molecule has 2 unspecified atom stereocenters. The smallest absolute Gasteiger partial charge is 0.0176 e. The van der Waals surface area contributed by atoms with Crippen molar-refractivity contribution in [1.29, 1.82) is 0 Å². The zero-order valence-electron chi connectivity index (χ0n) is 9.79. The van der Waals surface area contributed by atoms with E-state index in [1.807, 2.05) is 0 Å². The van der Waals surface area contributed by atoms with E-state index in [1.54, 1.807) is 0 Å². The summed E-state index contributed by atoms with van der Waals surface area (Å²) in [5.41, 5.74) is 6.40. The fourth-order valence-electron chi connectivity index (χ4n) is 2.89. The highest BCUT2D eigenvalue weighted by molar-refractivity contribution is 5.05. The second kappa shape index (κ2) is 3.49. The molecule has 1 aliphatic heterocycles. The van der Waals surface area contributed by atoms with Gasteiger partial charge in [-0.15, -0.1) is 0 Å². The Labute approximate surface area is 87.8 Å². The van der Waals surface area contributed by atoms with Crippen LogP contribution in [0.1, 0.15) is 40.0 Å². The van der Waals surface area contributed by atoms with Gasteiger partial charge in [-0.3, -0.25) is 4.90 Å². The lowest BCUT2D eigenvalue weighted by molar-refractivity contribution is -0.0356. The van der Waals surface area contributed by atoms with Crippen LogP contribution in [-0.2, 0) is 0 Å². The van der Waals surface area contributed by atoms with Crippen LogP contribution in [0, 0.1) is 11.3 Å². The van der Waals surface area contributed by atoms with Crippen molar-refractivity contribution in [2.75, 3.05) is 13.1 Å². The molecule has 1 saturated carbocycles. The van der Waals surface area contributed by atoms with Gasteiger partial charge in [0.05, 0.1) is 0 Å². The number of piperidine rings is 1. The Morgan fingerprint density at radius 3 is 2.21 bits per heavy atom. The third-order valence-corrected chi connectivity index (χ3v) is 4.55. The highest BCUT2D eigenvalue weighted by atomic mass is 15.2. The maximum absolute atomic E-state index is 6.05. The standard InChI is InChI=1S/C12H24N2/c1-9-4-6-14(7-5-9)11-8-10(13)12(11,2)3/h9-11H,4-8,13H2,1-3H3. The number of hydrogen-bond acceptors (Lipinski definition) is 2. The molecule has 0 bridgehead atoms. The van der Waals surface area contributed by atoms with E-state index in [0.29, 0.717) is 11.5 Å². The summed E-state index contributed by atoms with van der Waals surface area (Å²) in [6, 6.07) is 1.18. The first-order valence-electron chi connectivity index (χ1n) is 6.01. The van der Waals surface area contributed by atoms with Crippen LogP contribution in [0.15, 0.2) is 0 Å². The van der Waals surface area contributed by atoms with Crippen molar-refractivity contribution in [2.45, 2.75) is 52.1 Å². The Balaban J connectivity index is 1.91. The van der Waals surface area contributed by atoms with E-state index in [2.05, 4.69) is 25.7 Å². The zero-order chi connectivity index (χ0) is 10.3. The third kappa shape index (κ3) is 1.59. The molecule has 0 aromatic carbocycles. The first-order chi connectivity index (χ1) is 6.51. The molecule has 1 saturated heterocycles. The van der Waals surface area contributed by atoms with Crippen molar-refractivity contribution in [3.63, 3.8) is 0 Å². The Bertz CT molecular complexity index is 204. The molecular weight excluding hydrogens is 172 g/mol. The fraction of sp³-hybridized carbons (Fsp3) is 1.00. The lowest BCUT2D eigenvalue weighted by Gasteiger charge is -2.56. The molecule has 1 aliphatic carbocycles. The molecule has 2 N–H and O–H groups in total. The second-order valence-corrected chi connectivity index (χ2v) is 5.90. The number of nitrogens with zero attached hydrogens (tertiary/aromatic N) is 1. The molecule has 0 spiro atoms. The summed E-state index contributed by atoms with van der Waals surface area (Å²) in [4.78, 5) is 2.67. The summed E-state index contributed by atoms with van der Waals surface area (Å²) in [7, 11) is 0. The molecule has 14 heavy (non-hydrogen) atoms. The lowest BCUT2D eigenvalue weighted by atomic mass is 9.62. The Kier molecular flexibility index (Phi) is 2.61. The van der Waals surface area contributed by atoms with Crippen LogP contribution in [0.5, 0.6) is 0 Å². The molecule has 0 radical (unpaired) electrons. The van der Waals surface area contributed by atoms with Gasteiger partial charge < -0.3 is 5.73 Å². The van der Waals surface area contributed by atoms with E-state index in [0.717, 1.165) is 12.0 Å². The van der Waals surface area contributed by atoms with Gasteiger partial charge in [0.15, 0.2) is 0 Å². The minimum absolute atomic E-state index is 0.348. The Morgan fingerprint density at radius 2 is 1.79 bits per heavy atom. The van der Waals surface area contributed by atoms with E-state index >= 15 is 0 Å². The molecule has 2 nitrogen and oxygen atoms in total. The van der Waals surface area contributed by atoms with Crippen LogP contribution in [0.25, 0.3) is 0 Å². The van der Waals surface area contributed by atoms with Crippen LogP contribution < -0.4 is 5.73 Å². The van der Waals surface area contributed by atoms with E-state index < -0.39 is 0 Å². The molecule has 0 amide bonds. The van der Waals surface area contributed by atoms with Gasteiger partial charge in [0, 0.05) is 12.1 Å². The topological polar surface area (TPSA) is 29.3 Å². The monoisotopic (exact) mass is 196 g/mol. The van der Waals surface area contributed by atoms with Crippen molar-refractivity contribution < 1.29 is 0 Å². The van der Waals surface area contributed by atoms with Crippen LogP contribution in [-0.4, -0.2) is 30.1 Å². The predicted octanol–water partition coefficient (Wildman–Crippen LogP) is 1.84. The van der Waals surface area contributed by atoms with E-state index in [9.17, 15) is 0 Å². The van der Waals surface area contributed by atoms with Gasteiger partial charge in [-0.2, -0.15) is 0 Å². The summed E-state index contributed by atoms with van der Waals surface area (Å²) >= 11 is 0. The van der Waals surface area contributed by atoms with Crippen molar-refractivity contribution in [1.82, 2.24) is 4.90 Å². The average Bonchev–Trinajstić information content (AvgIpc) is 2.16. The number of nitrogens with two attached hydrogens (primary N) is 1. The minimum Gasteiger partial charge on any atom is -0.327 e. The number of likely N-dealkylation sites (tertiary alicyclic amines) is 1. The molecule has 2 fully saturated rings. The van der Waals surface area contributed by atoms with E-state index in [4.69, 9.17) is 5.73 Å². The Hall–Kier alpha value is -0.0800. The zero-order valence-corrected chi connectivity index (χ0v) is 9.79. The van der Waals surface area contributed by atoms with Crippen LogP contribution >= 0.6 is 0 Å². The predicted molar refractivity (Wildman–Crippen MR) is 60.1 cm³/mol. The lowest BCUT2D eigenvalue weighted by Crippen LogP contribution is -2.65. The minimum atomic E-state index is 0.348. The first kappa shape index (κ1) is 10.4. The maximum atomic E-state index is 6.05. The van der Waals surface area contributed by atoms with Gasteiger partial charge in [-0.05, 0) is 43.7 Å². The highest BCUT2D eigenvalue weighted by Gasteiger charge is 2.48. The molecule has 2 heteroatoms. The molecule has 82 valence electrons. The molecule has 2 atom stereocenters. The second-order valence-electron chi connectivity index (χ2n) is 5.90. The van der Waals surface area contributed by atoms with E-state index in [1.165, 1.54) is 32.4 Å². The van der Waals surface area contributed by atoms with Gasteiger partial charge in [0.25, 0.3) is 0 Å². The van der Waals surface area contributed by atoms with Gasteiger partial charge in [0.1, 0.15) is 0 Å². The van der Waals surface area contributed by atoms with Gasteiger partial charge in [-0.1, -0.05) is 20.8 Å². The summed E-state index contributed by atoms with van der Waals surface area (Å²) in [6.45, 7) is 9.60. The Morgan fingerprint density at radius 1 is 1.21 bits per heavy atom. The van der Waals surface area contributed by atoms with Crippen LogP contribution in [0.3, 0.4) is 0 Å². The van der Waals surface area contributed by atoms with Crippen molar-refractivity contribution >= 4 is 0 Å². The molecule has 2 rings (SSSR count). The van der Waals surface area contributed by atoms with Crippen molar-refractivity contribution in [3.8, 4) is 0 Å². The number of rotatable bonds is 1. The molecule has 0 aromatic rings. The van der Waals surface area contributed by atoms with Crippen molar-refractivity contribution in [2.24, 2.45) is 17.1 Å². The van der Waals surface area contributed by atoms with Crippen LogP contribution in [0.2, 0.25) is 0 Å². The third-order valence-electron chi connectivity index (χ3n) is 4.55. The normalized spacial score (nSPS) is 39.4. The molecule has 2 aliphatic rings. The van der Waals surface area contributed by atoms with Gasteiger partial charge in [-0.25, -0.2) is 0 Å². The van der Waals surface area contributed by atoms with Crippen LogP contribution in [0.4, 0.5) is 0 Å². The average molecular weight is 196 g/mol. The summed E-state index contributed by atoms with van der Waals surface area (Å²) in [5, 5.41) is 0. The largest absolute Gasteiger partial charge is 0.327 e. The molecule has 0 aromatic heterocycles. The molecular formula is C12H24N2. The summed E-state index contributed by atoms with van der Waals surface area (Å²) in [6.07, 6.45) is 3.96. The first-order valence-corrected chi connectivity index (χ1v) is 6.01. The number of hydrogen-bond donors (Lipinski definition) is 1.